The number of hydrogen-bond donors (Lipinski definition) is 0. The Morgan fingerprint density at radius 3 is 2.51 bits per heavy atom. The molecule has 0 aliphatic heterocycles. The molecule has 37 heavy (non-hydrogen) atoms. The van der Waals surface area contributed by atoms with E-state index in [2.05, 4.69) is 0 Å². The number of aromatic nitrogens is 3. The Morgan fingerprint density at radius 1 is 0.973 bits per heavy atom. The van der Waals surface area contributed by atoms with Gasteiger partial charge in [0, 0.05) is 17.4 Å². The molecule has 0 fully saturated rings. The minimum absolute atomic E-state index is 0.108. The van der Waals surface area contributed by atoms with Gasteiger partial charge in [0.1, 0.15) is 17.3 Å². The summed E-state index contributed by atoms with van der Waals surface area (Å²) < 4.78 is 18.7. The fraction of sp³-hybridized carbons (Fsp3) is 0.207. The molecular formula is C29H27N3O4S. The monoisotopic (exact) mass is 513 g/mol. The summed E-state index contributed by atoms with van der Waals surface area (Å²) in [7, 11) is 1.60. The fourth-order valence-corrected chi connectivity index (χ4v) is 4.97. The first-order valence-electron chi connectivity index (χ1n) is 12.0. The first-order valence-corrected chi connectivity index (χ1v) is 12.9. The summed E-state index contributed by atoms with van der Waals surface area (Å²) in [5, 5.41) is 1.12. The molecule has 0 radical (unpaired) electrons. The average molecular weight is 514 g/mol. The number of rotatable bonds is 8. The highest BCUT2D eigenvalue weighted by Crippen LogP contribution is 2.30. The second kappa shape index (κ2) is 10.5. The molecule has 0 bridgehead atoms. The van der Waals surface area contributed by atoms with E-state index in [-0.39, 0.29) is 11.7 Å². The predicted molar refractivity (Wildman–Crippen MR) is 146 cm³/mol. The van der Waals surface area contributed by atoms with E-state index in [1.165, 1.54) is 11.8 Å². The van der Waals surface area contributed by atoms with Gasteiger partial charge in [-0.05, 0) is 69.3 Å². The van der Waals surface area contributed by atoms with Crippen molar-refractivity contribution in [2.45, 2.75) is 37.8 Å². The van der Waals surface area contributed by atoms with Gasteiger partial charge in [-0.1, -0.05) is 30.0 Å². The van der Waals surface area contributed by atoms with Crippen molar-refractivity contribution in [3.05, 3.63) is 94.6 Å². The Labute approximate surface area is 219 Å². The molecule has 2 aromatic heterocycles. The van der Waals surface area contributed by atoms with Crippen LogP contribution in [0.1, 0.15) is 25.3 Å². The van der Waals surface area contributed by atoms with Crippen molar-refractivity contribution in [2.75, 3.05) is 7.11 Å². The molecular weight excluding hydrogens is 486 g/mol. The summed E-state index contributed by atoms with van der Waals surface area (Å²) in [6.07, 6.45) is 0.108. The standard InChI is InChI=1S/C29H27N3O4S/c1-18(2)35-22-14-12-20(13-15-22)27-30-26(19(3)36-27)17-37-29-31-25-11-6-5-10-24(25)28(33)32(29)21-8-7-9-23(16-21)34-4/h5-16,18H,17H2,1-4H3. The van der Waals surface area contributed by atoms with Crippen LogP contribution in [-0.2, 0) is 5.75 Å². The number of thioether (sulfide) groups is 1. The Kier molecular flexibility index (Phi) is 7.01. The average Bonchev–Trinajstić information content (AvgIpc) is 3.28. The quantitative estimate of drug-likeness (QED) is 0.175. The molecule has 0 N–H and O–H groups in total. The fourth-order valence-electron chi connectivity index (χ4n) is 3.95. The molecule has 0 unspecified atom stereocenters. The second-order valence-corrected chi connectivity index (χ2v) is 9.70. The maximum atomic E-state index is 13.5. The maximum absolute atomic E-state index is 13.5. The zero-order chi connectivity index (χ0) is 25.9. The van der Waals surface area contributed by atoms with Crippen molar-refractivity contribution in [2.24, 2.45) is 0 Å². The van der Waals surface area contributed by atoms with Gasteiger partial charge in [-0.15, -0.1) is 0 Å². The number of methoxy groups -OCH3 is 1. The lowest BCUT2D eigenvalue weighted by molar-refractivity contribution is 0.242. The lowest BCUT2D eigenvalue weighted by Crippen LogP contribution is -2.21. The van der Waals surface area contributed by atoms with Crippen LogP contribution in [0.4, 0.5) is 0 Å². The Bertz CT molecular complexity index is 1610. The zero-order valence-electron chi connectivity index (χ0n) is 21.1. The third-order valence-corrected chi connectivity index (χ3v) is 6.71. The van der Waals surface area contributed by atoms with Crippen molar-refractivity contribution >= 4 is 22.7 Å². The summed E-state index contributed by atoms with van der Waals surface area (Å²) >= 11 is 1.44. The van der Waals surface area contributed by atoms with Crippen molar-refractivity contribution < 1.29 is 13.9 Å². The van der Waals surface area contributed by atoms with Crippen LogP contribution in [0.3, 0.4) is 0 Å². The number of fused-ring (bicyclic) bond motifs is 1. The SMILES string of the molecule is COc1cccc(-n2c(SCc3nc(-c4ccc(OC(C)C)cc4)oc3C)nc3ccccc3c2=O)c1. The highest BCUT2D eigenvalue weighted by Gasteiger charge is 2.17. The molecule has 0 aliphatic rings. The van der Waals surface area contributed by atoms with Gasteiger partial charge in [0.15, 0.2) is 5.16 Å². The van der Waals surface area contributed by atoms with Crippen LogP contribution in [0.25, 0.3) is 28.0 Å². The third kappa shape index (κ3) is 5.24. The molecule has 188 valence electrons. The van der Waals surface area contributed by atoms with Crippen LogP contribution < -0.4 is 15.0 Å². The Morgan fingerprint density at radius 2 is 1.76 bits per heavy atom. The smallest absolute Gasteiger partial charge is 0.266 e. The molecule has 0 saturated heterocycles. The van der Waals surface area contributed by atoms with Gasteiger partial charge < -0.3 is 13.9 Å². The van der Waals surface area contributed by atoms with Crippen molar-refractivity contribution in [1.29, 1.82) is 0 Å². The summed E-state index contributed by atoms with van der Waals surface area (Å²) in [4.78, 5) is 23.1. The summed E-state index contributed by atoms with van der Waals surface area (Å²) in [5.41, 5.74) is 2.86. The molecule has 0 aliphatic carbocycles. The molecule has 3 aromatic carbocycles. The molecule has 5 rings (SSSR count). The van der Waals surface area contributed by atoms with E-state index in [9.17, 15) is 4.79 Å². The number of hydrogen-bond acceptors (Lipinski definition) is 7. The van der Waals surface area contributed by atoms with Gasteiger partial charge in [-0.2, -0.15) is 0 Å². The predicted octanol–water partition coefficient (Wildman–Crippen LogP) is 6.44. The Hall–Kier alpha value is -4.04. The van der Waals surface area contributed by atoms with Gasteiger partial charge in [0.25, 0.3) is 5.56 Å². The van der Waals surface area contributed by atoms with Gasteiger partial charge >= 0.3 is 0 Å². The first-order chi connectivity index (χ1) is 17.9. The molecule has 0 atom stereocenters. The molecule has 0 saturated carbocycles. The number of ether oxygens (including phenoxy) is 2. The topological polar surface area (TPSA) is 79.4 Å². The molecule has 0 amide bonds. The zero-order valence-corrected chi connectivity index (χ0v) is 21.9. The lowest BCUT2D eigenvalue weighted by atomic mass is 10.2. The van der Waals surface area contributed by atoms with Crippen LogP contribution in [0.5, 0.6) is 11.5 Å². The third-order valence-electron chi connectivity index (χ3n) is 5.76. The van der Waals surface area contributed by atoms with E-state index in [0.717, 1.165) is 22.8 Å². The van der Waals surface area contributed by atoms with E-state index in [1.54, 1.807) is 17.7 Å². The molecule has 2 heterocycles. The van der Waals surface area contributed by atoms with Crippen LogP contribution in [0.15, 0.2) is 87.2 Å². The minimum Gasteiger partial charge on any atom is -0.497 e. The highest BCUT2D eigenvalue weighted by molar-refractivity contribution is 7.98. The van der Waals surface area contributed by atoms with E-state index in [0.29, 0.717) is 39.1 Å². The number of benzene rings is 3. The van der Waals surface area contributed by atoms with Crippen LogP contribution in [0.2, 0.25) is 0 Å². The minimum atomic E-state index is -0.136. The van der Waals surface area contributed by atoms with Gasteiger partial charge in [-0.25, -0.2) is 9.97 Å². The maximum Gasteiger partial charge on any atom is 0.266 e. The van der Waals surface area contributed by atoms with Crippen LogP contribution in [0, 0.1) is 6.92 Å². The number of oxazole rings is 1. The van der Waals surface area contributed by atoms with Crippen LogP contribution >= 0.6 is 11.8 Å². The Balaban J connectivity index is 1.47. The largest absolute Gasteiger partial charge is 0.497 e. The van der Waals surface area contributed by atoms with Crippen molar-refractivity contribution in [1.82, 2.24) is 14.5 Å². The second-order valence-electron chi connectivity index (χ2n) is 8.76. The summed E-state index contributed by atoms with van der Waals surface area (Å²) in [5.74, 6) is 3.21. The highest BCUT2D eigenvalue weighted by atomic mass is 32.2. The normalized spacial score (nSPS) is 11.3. The van der Waals surface area contributed by atoms with E-state index in [4.69, 9.17) is 23.9 Å². The number of para-hydroxylation sites is 1. The summed E-state index contributed by atoms with van der Waals surface area (Å²) in [6.45, 7) is 5.88. The van der Waals surface area contributed by atoms with Crippen molar-refractivity contribution in [3.63, 3.8) is 0 Å². The summed E-state index contributed by atoms with van der Waals surface area (Å²) in [6, 6.07) is 22.5. The molecule has 0 spiro atoms. The van der Waals surface area contributed by atoms with Gasteiger partial charge in [0.2, 0.25) is 5.89 Å². The van der Waals surface area contributed by atoms with Crippen molar-refractivity contribution in [3.8, 4) is 28.6 Å². The lowest BCUT2D eigenvalue weighted by Gasteiger charge is -2.13. The van der Waals surface area contributed by atoms with E-state index >= 15 is 0 Å². The first kappa shape index (κ1) is 24.6. The van der Waals surface area contributed by atoms with Gasteiger partial charge in [-0.3, -0.25) is 9.36 Å². The van der Waals surface area contributed by atoms with Crippen LogP contribution in [-0.4, -0.2) is 27.7 Å². The number of aryl methyl sites for hydroxylation is 1. The molecule has 5 aromatic rings. The molecule has 7 nitrogen and oxygen atoms in total. The van der Waals surface area contributed by atoms with Gasteiger partial charge in [0.05, 0.1) is 35.5 Å². The van der Waals surface area contributed by atoms with E-state index < -0.39 is 0 Å². The van der Waals surface area contributed by atoms with E-state index in [1.807, 2.05) is 87.5 Å². The number of nitrogens with zero attached hydrogens (tertiary/aromatic N) is 3. The molecule has 8 heteroatoms.